The SMILES string of the molecule is C=Cc1cncc(C)c1CN. The van der Waals surface area contributed by atoms with Gasteiger partial charge >= 0.3 is 0 Å². The average molecular weight is 148 g/mol. The van der Waals surface area contributed by atoms with Crippen molar-refractivity contribution in [3.05, 3.63) is 35.7 Å². The summed E-state index contributed by atoms with van der Waals surface area (Å²) in [5.74, 6) is 0. The van der Waals surface area contributed by atoms with Crippen LogP contribution in [0.1, 0.15) is 16.7 Å². The Labute approximate surface area is 66.8 Å². The number of nitrogens with two attached hydrogens (primary N) is 1. The van der Waals surface area contributed by atoms with Crippen LogP contribution >= 0.6 is 0 Å². The molecule has 0 aliphatic carbocycles. The van der Waals surface area contributed by atoms with Crippen molar-refractivity contribution in [2.24, 2.45) is 5.73 Å². The molecule has 1 aromatic heterocycles. The summed E-state index contributed by atoms with van der Waals surface area (Å²) >= 11 is 0. The molecular weight excluding hydrogens is 136 g/mol. The van der Waals surface area contributed by atoms with E-state index in [2.05, 4.69) is 11.6 Å². The Balaban J connectivity index is 3.23. The zero-order valence-electron chi connectivity index (χ0n) is 6.67. The normalized spacial score (nSPS) is 9.64. The van der Waals surface area contributed by atoms with Gasteiger partial charge in [0.15, 0.2) is 0 Å². The Hall–Kier alpha value is -1.15. The third-order valence-electron chi connectivity index (χ3n) is 1.73. The second-order valence-electron chi connectivity index (χ2n) is 2.43. The Morgan fingerprint density at radius 1 is 1.64 bits per heavy atom. The van der Waals surface area contributed by atoms with Gasteiger partial charge in [-0.1, -0.05) is 12.7 Å². The van der Waals surface area contributed by atoms with E-state index in [-0.39, 0.29) is 0 Å². The van der Waals surface area contributed by atoms with Crippen LogP contribution in [-0.2, 0) is 6.54 Å². The maximum atomic E-state index is 5.55. The van der Waals surface area contributed by atoms with Gasteiger partial charge in [0.1, 0.15) is 0 Å². The molecule has 2 nitrogen and oxygen atoms in total. The van der Waals surface area contributed by atoms with Gasteiger partial charge in [-0.2, -0.15) is 0 Å². The summed E-state index contributed by atoms with van der Waals surface area (Å²) in [5.41, 5.74) is 8.85. The van der Waals surface area contributed by atoms with Crippen LogP contribution in [0.15, 0.2) is 19.0 Å². The predicted octanol–water partition coefficient (Wildman–Crippen LogP) is 1.49. The molecule has 0 unspecified atom stereocenters. The van der Waals surface area contributed by atoms with E-state index in [1.54, 1.807) is 12.3 Å². The first-order valence-corrected chi connectivity index (χ1v) is 3.55. The molecule has 11 heavy (non-hydrogen) atoms. The molecule has 0 bridgehead atoms. The van der Waals surface area contributed by atoms with Gasteiger partial charge < -0.3 is 5.73 Å². The largest absolute Gasteiger partial charge is 0.326 e. The predicted molar refractivity (Wildman–Crippen MR) is 47.0 cm³/mol. The maximum absolute atomic E-state index is 5.55. The van der Waals surface area contributed by atoms with Crippen molar-refractivity contribution in [1.82, 2.24) is 4.98 Å². The highest BCUT2D eigenvalue weighted by molar-refractivity contribution is 5.52. The van der Waals surface area contributed by atoms with E-state index >= 15 is 0 Å². The maximum Gasteiger partial charge on any atom is 0.0343 e. The van der Waals surface area contributed by atoms with Crippen LogP contribution in [0.2, 0.25) is 0 Å². The molecule has 58 valence electrons. The van der Waals surface area contributed by atoms with E-state index in [1.807, 2.05) is 13.1 Å². The lowest BCUT2D eigenvalue weighted by molar-refractivity contribution is 1.03. The van der Waals surface area contributed by atoms with E-state index in [4.69, 9.17) is 5.73 Å². The highest BCUT2D eigenvalue weighted by Crippen LogP contribution is 2.11. The smallest absolute Gasteiger partial charge is 0.0343 e. The fourth-order valence-electron chi connectivity index (χ4n) is 1.07. The molecule has 0 radical (unpaired) electrons. The summed E-state index contributed by atoms with van der Waals surface area (Å²) in [5, 5.41) is 0. The number of pyridine rings is 1. The third kappa shape index (κ3) is 1.46. The van der Waals surface area contributed by atoms with Crippen LogP contribution in [0.3, 0.4) is 0 Å². The average Bonchev–Trinajstić information content (AvgIpc) is 2.04. The Bertz CT molecular complexity index is 266. The molecule has 0 saturated heterocycles. The molecule has 2 heteroatoms. The molecule has 0 saturated carbocycles. The van der Waals surface area contributed by atoms with E-state index in [1.165, 1.54) is 0 Å². The first-order chi connectivity index (χ1) is 5.29. The molecule has 0 aromatic carbocycles. The molecule has 2 N–H and O–H groups in total. The van der Waals surface area contributed by atoms with Gasteiger partial charge in [-0.05, 0) is 23.6 Å². The minimum absolute atomic E-state index is 0.551. The van der Waals surface area contributed by atoms with Gasteiger partial charge in [0.05, 0.1) is 0 Å². The molecule has 1 heterocycles. The fourth-order valence-corrected chi connectivity index (χ4v) is 1.07. The van der Waals surface area contributed by atoms with Crippen LogP contribution in [-0.4, -0.2) is 4.98 Å². The summed E-state index contributed by atoms with van der Waals surface area (Å²) in [6.45, 7) is 6.24. The Morgan fingerprint density at radius 2 is 2.36 bits per heavy atom. The van der Waals surface area contributed by atoms with E-state index in [0.717, 1.165) is 16.7 Å². The Kier molecular flexibility index (Phi) is 2.39. The van der Waals surface area contributed by atoms with Crippen LogP contribution in [0.4, 0.5) is 0 Å². The number of aromatic nitrogens is 1. The van der Waals surface area contributed by atoms with Gasteiger partial charge in [0, 0.05) is 18.9 Å². The summed E-state index contributed by atoms with van der Waals surface area (Å²) in [7, 11) is 0. The second kappa shape index (κ2) is 3.30. The van der Waals surface area contributed by atoms with Crippen molar-refractivity contribution >= 4 is 6.08 Å². The van der Waals surface area contributed by atoms with Crippen molar-refractivity contribution in [2.75, 3.05) is 0 Å². The molecule has 1 aromatic rings. The van der Waals surface area contributed by atoms with Crippen molar-refractivity contribution < 1.29 is 0 Å². The molecule has 0 fully saturated rings. The van der Waals surface area contributed by atoms with Crippen LogP contribution < -0.4 is 5.73 Å². The van der Waals surface area contributed by atoms with Crippen molar-refractivity contribution in [1.29, 1.82) is 0 Å². The van der Waals surface area contributed by atoms with E-state index < -0.39 is 0 Å². The summed E-state index contributed by atoms with van der Waals surface area (Å²) in [4.78, 5) is 4.04. The molecule has 0 aliphatic rings. The van der Waals surface area contributed by atoms with Gasteiger partial charge in [0.25, 0.3) is 0 Å². The summed E-state index contributed by atoms with van der Waals surface area (Å²) in [6.07, 6.45) is 5.37. The molecular formula is C9H12N2. The van der Waals surface area contributed by atoms with Gasteiger partial charge in [0.2, 0.25) is 0 Å². The summed E-state index contributed by atoms with van der Waals surface area (Å²) in [6, 6.07) is 0. The Morgan fingerprint density at radius 3 is 2.82 bits per heavy atom. The van der Waals surface area contributed by atoms with E-state index in [0.29, 0.717) is 6.54 Å². The zero-order chi connectivity index (χ0) is 8.27. The molecule has 1 rings (SSSR count). The number of hydrogen-bond donors (Lipinski definition) is 1. The third-order valence-corrected chi connectivity index (χ3v) is 1.73. The second-order valence-corrected chi connectivity index (χ2v) is 2.43. The summed E-state index contributed by atoms with van der Waals surface area (Å²) < 4.78 is 0. The lowest BCUT2D eigenvalue weighted by Gasteiger charge is -2.04. The lowest BCUT2D eigenvalue weighted by atomic mass is 10.1. The highest BCUT2D eigenvalue weighted by atomic mass is 14.6. The van der Waals surface area contributed by atoms with E-state index in [9.17, 15) is 0 Å². The number of hydrogen-bond acceptors (Lipinski definition) is 2. The van der Waals surface area contributed by atoms with Gasteiger partial charge in [-0.3, -0.25) is 4.98 Å². The van der Waals surface area contributed by atoms with Gasteiger partial charge in [-0.15, -0.1) is 0 Å². The number of aryl methyl sites for hydroxylation is 1. The number of nitrogens with zero attached hydrogens (tertiary/aromatic N) is 1. The molecule has 0 atom stereocenters. The highest BCUT2D eigenvalue weighted by Gasteiger charge is 1.99. The topological polar surface area (TPSA) is 38.9 Å². The standard InChI is InChI=1S/C9H12N2/c1-3-8-6-11-5-7(2)9(8)4-10/h3,5-6H,1,4,10H2,2H3. The van der Waals surface area contributed by atoms with Crippen LogP contribution in [0, 0.1) is 6.92 Å². The van der Waals surface area contributed by atoms with Gasteiger partial charge in [-0.25, -0.2) is 0 Å². The lowest BCUT2D eigenvalue weighted by Crippen LogP contribution is -2.02. The van der Waals surface area contributed by atoms with Crippen molar-refractivity contribution in [3.63, 3.8) is 0 Å². The zero-order valence-corrected chi connectivity index (χ0v) is 6.67. The monoisotopic (exact) mass is 148 g/mol. The van der Waals surface area contributed by atoms with Crippen LogP contribution in [0.5, 0.6) is 0 Å². The van der Waals surface area contributed by atoms with Crippen LogP contribution in [0.25, 0.3) is 6.08 Å². The van der Waals surface area contributed by atoms with Crippen molar-refractivity contribution in [3.8, 4) is 0 Å². The molecule has 0 aliphatic heterocycles. The minimum Gasteiger partial charge on any atom is -0.326 e. The number of rotatable bonds is 2. The fraction of sp³-hybridized carbons (Fsp3) is 0.222. The molecule has 0 spiro atoms. The minimum atomic E-state index is 0.551. The first kappa shape index (κ1) is 7.95. The first-order valence-electron chi connectivity index (χ1n) is 3.55. The molecule has 0 amide bonds. The van der Waals surface area contributed by atoms with Crippen molar-refractivity contribution in [2.45, 2.75) is 13.5 Å². The quantitative estimate of drug-likeness (QED) is 0.690.